The van der Waals surface area contributed by atoms with Gasteiger partial charge in [0.15, 0.2) is 0 Å². The second-order valence-corrected chi connectivity index (χ2v) is 8.24. The zero-order chi connectivity index (χ0) is 21.3. The van der Waals surface area contributed by atoms with E-state index in [0.717, 1.165) is 24.5 Å². The number of anilines is 2. The fourth-order valence-corrected chi connectivity index (χ4v) is 3.98. The predicted molar refractivity (Wildman–Crippen MR) is 116 cm³/mol. The molecule has 0 bridgehead atoms. The first kappa shape index (κ1) is 20.1. The molecule has 0 unspecified atom stereocenters. The lowest BCUT2D eigenvalue weighted by molar-refractivity contribution is -0.137. The summed E-state index contributed by atoms with van der Waals surface area (Å²) in [5.74, 6) is -0.943. The Morgan fingerprint density at radius 2 is 1.57 bits per heavy atom. The van der Waals surface area contributed by atoms with Gasteiger partial charge in [-0.2, -0.15) is 0 Å². The molecule has 0 aromatic heterocycles. The van der Waals surface area contributed by atoms with Gasteiger partial charge in [-0.05, 0) is 60.7 Å². The van der Waals surface area contributed by atoms with Crippen molar-refractivity contribution in [3.63, 3.8) is 0 Å². The lowest BCUT2D eigenvalue weighted by Gasteiger charge is -2.18. The summed E-state index contributed by atoms with van der Waals surface area (Å²) < 4.78 is 13.4. The van der Waals surface area contributed by atoms with Gasteiger partial charge in [0.05, 0.1) is 5.57 Å². The molecule has 2 amide bonds. The van der Waals surface area contributed by atoms with Gasteiger partial charge in [-0.15, -0.1) is 0 Å². The quantitative estimate of drug-likeness (QED) is 0.727. The topological polar surface area (TPSA) is 52.7 Å². The Balaban J connectivity index is 1.66. The number of amides is 2. The standard InChI is InChI=1S/C24H26FN3O2/c1-16(2)15-28-23(29)21(17-5-7-18(25)8-6-17)22(24(28)30)26-19-9-11-20(12-10-19)27-13-3-4-14-27/h5-12,16,26H,3-4,13-15H2,1-2H3. The lowest BCUT2D eigenvalue weighted by atomic mass is 10.0. The van der Waals surface area contributed by atoms with E-state index in [2.05, 4.69) is 10.2 Å². The molecule has 0 atom stereocenters. The van der Waals surface area contributed by atoms with Crippen molar-refractivity contribution in [1.29, 1.82) is 0 Å². The highest BCUT2D eigenvalue weighted by atomic mass is 19.1. The predicted octanol–water partition coefficient (Wildman–Crippen LogP) is 4.27. The summed E-state index contributed by atoms with van der Waals surface area (Å²) in [7, 11) is 0. The number of hydrogen-bond acceptors (Lipinski definition) is 4. The van der Waals surface area contributed by atoms with Crippen LogP contribution in [0.25, 0.3) is 5.57 Å². The summed E-state index contributed by atoms with van der Waals surface area (Å²) in [6.07, 6.45) is 2.41. The van der Waals surface area contributed by atoms with Gasteiger partial charge in [0.1, 0.15) is 11.5 Å². The van der Waals surface area contributed by atoms with Crippen LogP contribution in [-0.2, 0) is 9.59 Å². The van der Waals surface area contributed by atoms with Crippen molar-refractivity contribution >= 4 is 28.8 Å². The van der Waals surface area contributed by atoms with Gasteiger partial charge in [0.25, 0.3) is 11.8 Å². The fraction of sp³-hybridized carbons (Fsp3) is 0.333. The number of benzene rings is 2. The first-order valence-corrected chi connectivity index (χ1v) is 10.4. The monoisotopic (exact) mass is 407 g/mol. The molecule has 0 spiro atoms. The van der Waals surface area contributed by atoms with Crippen molar-refractivity contribution in [2.45, 2.75) is 26.7 Å². The van der Waals surface area contributed by atoms with E-state index in [1.54, 1.807) is 0 Å². The highest BCUT2D eigenvalue weighted by Crippen LogP contribution is 2.32. The van der Waals surface area contributed by atoms with Crippen LogP contribution in [0.3, 0.4) is 0 Å². The molecule has 156 valence electrons. The van der Waals surface area contributed by atoms with Crippen LogP contribution in [0.1, 0.15) is 32.3 Å². The number of halogens is 1. The van der Waals surface area contributed by atoms with Crippen molar-refractivity contribution in [2.24, 2.45) is 5.92 Å². The number of carbonyl (C=O) groups is 2. The molecule has 2 aliphatic heterocycles. The van der Waals surface area contributed by atoms with Crippen LogP contribution < -0.4 is 10.2 Å². The summed E-state index contributed by atoms with van der Waals surface area (Å²) in [5, 5.41) is 3.16. The zero-order valence-electron chi connectivity index (χ0n) is 17.3. The van der Waals surface area contributed by atoms with E-state index in [4.69, 9.17) is 0 Å². The molecule has 5 nitrogen and oxygen atoms in total. The summed E-state index contributed by atoms with van der Waals surface area (Å²) in [5.41, 5.74) is 2.93. The van der Waals surface area contributed by atoms with Gasteiger partial charge in [0.2, 0.25) is 0 Å². The van der Waals surface area contributed by atoms with Crippen molar-refractivity contribution in [3.05, 3.63) is 65.6 Å². The maximum absolute atomic E-state index is 13.4. The van der Waals surface area contributed by atoms with Crippen molar-refractivity contribution in [2.75, 3.05) is 29.9 Å². The van der Waals surface area contributed by atoms with Gasteiger partial charge in [-0.25, -0.2) is 4.39 Å². The molecule has 1 N–H and O–H groups in total. The van der Waals surface area contributed by atoms with E-state index in [9.17, 15) is 14.0 Å². The number of nitrogens with zero attached hydrogens (tertiary/aromatic N) is 2. The van der Waals surface area contributed by atoms with E-state index in [0.29, 0.717) is 12.1 Å². The average molecular weight is 407 g/mol. The van der Waals surface area contributed by atoms with E-state index in [-0.39, 0.29) is 34.8 Å². The molecule has 1 fully saturated rings. The molecule has 4 rings (SSSR count). The van der Waals surface area contributed by atoms with Crippen LogP contribution in [0, 0.1) is 11.7 Å². The second-order valence-electron chi connectivity index (χ2n) is 8.24. The molecule has 6 heteroatoms. The third-order valence-corrected chi connectivity index (χ3v) is 5.46. The molecule has 2 aromatic carbocycles. The molecule has 2 aromatic rings. The third kappa shape index (κ3) is 3.95. The van der Waals surface area contributed by atoms with Crippen LogP contribution in [-0.4, -0.2) is 36.3 Å². The molecule has 30 heavy (non-hydrogen) atoms. The first-order chi connectivity index (χ1) is 14.4. The summed E-state index contributed by atoms with van der Waals surface area (Å²) in [6, 6.07) is 13.6. The minimum absolute atomic E-state index is 0.145. The van der Waals surface area contributed by atoms with E-state index in [1.807, 2.05) is 38.1 Å². The van der Waals surface area contributed by atoms with E-state index < -0.39 is 0 Å². The van der Waals surface area contributed by atoms with Gasteiger partial charge < -0.3 is 10.2 Å². The maximum atomic E-state index is 13.4. The average Bonchev–Trinajstić information content (AvgIpc) is 3.33. The summed E-state index contributed by atoms with van der Waals surface area (Å²) in [6.45, 7) is 6.37. The number of imide groups is 1. The third-order valence-electron chi connectivity index (χ3n) is 5.46. The van der Waals surface area contributed by atoms with Gasteiger partial charge >= 0.3 is 0 Å². The first-order valence-electron chi connectivity index (χ1n) is 10.4. The SMILES string of the molecule is CC(C)CN1C(=O)C(Nc2ccc(N3CCCC3)cc2)=C(c2ccc(F)cc2)C1=O. The summed E-state index contributed by atoms with van der Waals surface area (Å²) in [4.78, 5) is 29.8. The van der Waals surface area contributed by atoms with Crippen LogP contribution in [0.5, 0.6) is 0 Å². The highest BCUT2D eigenvalue weighted by Gasteiger charge is 2.39. The molecule has 0 saturated carbocycles. The Morgan fingerprint density at radius 3 is 2.17 bits per heavy atom. The normalized spacial score (nSPS) is 16.9. The zero-order valence-corrected chi connectivity index (χ0v) is 17.3. The van der Waals surface area contributed by atoms with Gasteiger partial charge in [-0.1, -0.05) is 26.0 Å². The van der Waals surface area contributed by atoms with E-state index >= 15 is 0 Å². The molecule has 1 saturated heterocycles. The molecular weight excluding hydrogens is 381 g/mol. The lowest BCUT2D eigenvalue weighted by Crippen LogP contribution is -2.35. The van der Waals surface area contributed by atoms with Gasteiger partial charge in [0, 0.05) is 31.0 Å². The van der Waals surface area contributed by atoms with Crippen molar-refractivity contribution < 1.29 is 14.0 Å². The summed E-state index contributed by atoms with van der Waals surface area (Å²) >= 11 is 0. The van der Waals surface area contributed by atoms with Crippen LogP contribution in [0.4, 0.5) is 15.8 Å². The van der Waals surface area contributed by atoms with Gasteiger partial charge in [-0.3, -0.25) is 14.5 Å². The Labute approximate surface area is 176 Å². The molecule has 2 heterocycles. The Morgan fingerprint density at radius 1 is 0.933 bits per heavy atom. The maximum Gasteiger partial charge on any atom is 0.278 e. The minimum atomic E-state index is -0.387. The number of nitrogens with one attached hydrogen (secondary N) is 1. The highest BCUT2D eigenvalue weighted by molar-refractivity contribution is 6.36. The molecular formula is C24H26FN3O2. The van der Waals surface area contributed by atoms with E-state index in [1.165, 1.54) is 42.0 Å². The molecule has 0 radical (unpaired) electrons. The van der Waals surface area contributed by atoms with Crippen LogP contribution in [0.15, 0.2) is 54.2 Å². The smallest absolute Gasteiger partial charge is 0.278 e. The second kappa shape index (κ2) is 8.30. The Bertz CT molecular complexity index is 975. The van der Waals surface area contributed by atoms with Crippen molar-refractivity contribution in [1.82, 2.24) is 4.90 Å². The largest absolute Gasteiger partial charge is 0.372 e. The number of hydrogen-bond donors (Lipinski definition) is 1. The fourth-order valence-electron chi connectivity index (χ4n) is 3.98. The molecule has 0 aliphatic carbocycles. The Kier molecular flexibility index (Phi) is 5.57. The molecule has 2 aliphatic rings. The number of carbonyl (C=O) groups excluding carboxylic acids is 2. The van der Waals surface area contributed by atoms with Crippen LogP contribution in [0.2, 0.25) is 0 Å². The Hall–Kier alpha value is -3.15. The minimum Gasteiger partial charge on any atom is -0.372 e. The number of rotatable bonds is 6. The van der Waals surface area contributed by atoms with Crippen LogP contribution >= 0.6 is 0 Å². The van der Waals surface area contributed by atoms with Crippen molar-refractivity contribution in [3.8, 4) is 0 Å².